The number of carbonyl (C=O) groups is 2. The van der Waals surface area contributed by atoms with Crippen molar-refractivity contribution >= 4 is 29.1 Å². The number of benzene rings is 2. The number of amides is 2. The fraction of sp³-hybridized carbons (Fsp3) is 0.581. The molecule has 312 valence electrons. The van der Waals surface area contributed by atoms with Crippen molar-refractivity contribution in [2.24, 2.45) is 5.92 Å². The molecular formula is C43H59N2O10PS. The van der Waals surface area contributed by atoms with Crippen LogP contribution in [0.4, 0.5) is 0 Å². The van der Waals surface area contributed by atoms with Gasteiger partial charge in [0.25, 0.3) is 21.9 Å². The number of unbranched alkanes of at least 4 members (excludes halogenated alkanes) is 1. The van der Waals surface area contributed by atoms with Gasteiger partial charge in [-0.05, 0) is 100 Å². The van der Waals surface area contributed by atoms with Gasteiger partial charge in [-0.2, -0.15) is 8.42 Å². The number of nitrogens with zero attached hydrogens (tertiary/aromatic N) is 2. The van der Waals surface area contributed by atoms with Gasteiger partial charge in [0, 0.05) is 48.7 Å². The van der Waals surface area contributed by atoms with Crippen LogP contribution >= 0.6 is 7.14 Å². The standard InChI is InChI=1S/C43H59N2O10PS/c1-7-10-15-56(48,16-11-13-54-39-21-31-18-28(4)35-19-29(8-2)26-44(35)42(46)33(31)24-37(39)52-5)17-12-14-55-40-22-32-23-41(57(49,50)51)36-20-30(9-3)27-45(36)43(47)34(32)25-38(40)53-6/h8-9,21-22,24-25,28,35-36,41H,7,10-20,23,26-27H2,1-6H3,(H,49,50,51)/b29-8+,30-9+/t28?,35-,36-,41?,56?/m0/s1. The molecule has 2 saturated heterocycles. The summed E-state index contributed by atoms with van der Waals surface area (Å²) in [5, 5.41) is -1.18. The van der Waals surface area contributed by atoms with Crippen molar-refractivity contribution in [1.29, 1.82) is 0 Å². The van der Waals surface area contributed by atoms with Gasteiger partial charge in [0.1, 0.15) is 5.25 Å². The quantitative estimate of drug-likeness (QED) is 0.0784. The summed E-state index contributed by atoms with van der Waals surface area (Å²) < 4.78 is 73.5. The fourth-order valence-corrected chi connectivity index (χ4v) is 13.1. The molecule has 0 aromatic heterocycles. The minimum Gasteiger partial charge on any atom is -0.493 e. The van der Waals surface area contributed by atoms with E-state index in [1.54, 1.807) is 19.2 Å². The Balaban J connectivity index is 1.08. The molecule has 0 saturated carbocycles. The zero-order valence-electron chi connectivity index (χ0n) is 34.3. The molecule has 3 unspecified atom stereocenters. The van der Waals surface area contributed by atoms with Crippen LogP contribution in [0.15, 0.2) is 47.6 Å². The maximum absolute atomic E-state index is 14.3. The maximum atomic E-state index is 14.3. The number of methoxy groups -OCH3 is 2. The summed E-state index contributed by atoms with van der Waals surface area (Å²) in [6.45, 7) is 9.75. The van der Waals surface area contributed by atoms with Crippen LogP contribution in [0.2, 0.25) is 0 Å². The lowest BCUT2D eigenvalue weighted by Crippen LogP contribution is -2.44. The van der Waals surface area contributed by atoms with E-state index < -0.39 is 28.6 Å². The van der Waals surface area contributed by atoms with Crippen LogP contribution in [0.25, 0.3) is 0 Å². The van der Waals surface area contributed by atoms with E-state index in [2.05, 4.69) is 19.9 Å². The molecule has 2 fully saturated rings. The summed E-state index contributed by atoms with van der Waals surface area (Å²) in [7, 11) is -3.99. The second-order valence-electron chi connectivity index (χ2n) is 16.0. The Bertz CT molecular complexity index is 2060. The average molecular weight is 827 g/mol. The number of hydrogen-bond donors (Lipinski definition) is 1. The van der Waals surface area contributed by atoms with Crippen molar-refractivity contribution in [2.45, 2.75) is 96.4 Å². The Kier molecular flexibility index (Phi) is 13.5. The van der Waals surface area contributed by atoms with Gasteiger partial charge in [0.05, 0.1) is 40.6 Å². The summed E-state index contributed by atoms with van der Waals surface area (Å²) in [6, 6.07) is 6.51. The Hall–Kier alpha value is -3.80. The molecule has 4 aliphatic rings. The Morgan fingerprint density at radius 3 is 1.68 bits per heavy atom. The SMILES string of the molecule is C/C=C1\C[C@H]2C(C)Cc3cc(OCCCP(=O)(CCCC)CCCOc4cc5c(cc4OC)C(=O)N4C/C(=C/C)C[C@H]4C(S(=O)(=O)O)C5)c(OC)cc3C(=O)N2C1. The molecule has 0 spiro atoms. The largest absolute Gasteiger partial charge is 0.493 e. The van der Waals surface area contributed by atoms with E-state index >= 15 is 0 Å². The smallest absolute Gasteiger partial charge is 0.270 e. The molecule has 4 aliphatic heterocycles. The summed E-state index contributed by atoms with van der Waals surface area (Å²) in [4.78, 5) is 30.9. The van der Waals surface area contributed by atoms with Gasteiger partial charge in [-0.1, -0.05) is 43.6 Å². The van der Waals surface area contributed by atoms with Crippen LogP contribution in [0.5, 0.6) is 23.0 Å². The molecule has 12 nitrogen and oxygen atoms in total. The second-order valence-corrected chi connectivity index (χ2v) is 21.1. The number of ether oxygens (including phenoxy) is 4. The first kappa shape index (κ1) is 42.8. The Morgan fingerprint density at radius 2 is 1.21 bits per heavy atom. The molecule has 14 heteroatoms. The molecule has 2 aromatic carbocycles. The molecule has 0 aliphatic carbocycles. The Labute approximate surface area is 338 Å². The Morgan fingerprint density at radius 1 is 0.737 bits per heavy atom. The van der Waals surface area contributed by atoms with Crippen LogP contribution in [0, 0.1) is 5.92 Å². The van der Waals surface area contributed by atoms with E-state index in [9.17, 15) is 27.1 Å². The van der Waals surface area contributed by atoms with Crippen molar-refractivity contribution in [1.82, 2.24) is 9.80 Å². The lowest BCUT2D eigenvalue weighted by molar-refractivity contribution is 0.0709. The molecule has 2 amide bonds. The van der Waals surface area contributed by atoms with Crippen LogP contribution in [0.1, 0.15) is 98.1 Å². The third-order valence-electron chi connectivity index (χ3n) is 12.4. The van der Waals surface area contributed by atoms with Crippen molar-refractivity contribution < 1.29 is 46.1 Å². The summed E-state index contributed by atoms with van der Waals surface area (Å²) in [5.74, 6) is 1.83. The van der Waals surface area contributed by atoms with Crippen LogP contribution in [-0.4, -0.2) is 111 Å². The average Bonchev–Trinajstić information content (AvgIpc) is 3.79. The maximum Gasteiger partial charge on any atom is 0.270 e. The van der Waals surface area contributed by atoms with Gasteiger partial charge in [-0.25, -0.2) is 0 Å². The van der Waals surface area contributed by atoms with Gasteiger partial charge < -0.3 is 33.3 Å². The molecule has 1 N–H and O–H groups in total. The van der Waals surface area contributed by atoms with Gasteiger partial charge in [0.15, 0.2) is 23.0 Å². The molecule has 57 heavy (non-hydrogen) atoms. The minimum atomic E-state index is -4.47. The highest BCUT2D eigenvalue weighted by atomic mass is 32.2. The monoisotopic (exact) mass is 826 g/mol. The number of allylic oxidation sites excluding steroid dienone is 2. The van der Waals surface area contributed by atoms with Crippen molar-refractivity contribution in [3.8, 4) is 23.0 Å². The zero-order chi connectivity index (χ0) is 41.1. The number of hydrogen-bond acceptors (Lipinski definition) is 9. The first-order valence-corrected chi connectivity index (χ1v) is 24.1. The van der Waals surface area contributed by atoms with Crippen molar-refractivity contribution in [3.63, 3.8) is 0 Å². The summed E-state index contributed by atoms with van der Waals surface area (Å²) in [5.41, 5.74) is 4.68. The van der Waals surface area contributed by atoms with E-state index in [1.165, 1.54) is 17.6 Å². The fourth-order valence-electron chi connectivity index (χ4n) is 9.05. The third-order valence-corrected chi connectivity index (χ3v) is 17.0. The third kappa shape index (κ3) is 9.26. The van der Waals surface area contributed by atoms with E-state index in [-0.39, 0.29) is 30.9 Å². The summed E-state index contributed by atoms with van der Waals surface area (Å²) in [6.07, 6.45) is 10.6. The van der Waals surface area contributed by atoms with Crippen molar-refractivity contribution in [2.75, 3.05) is 59.0 Å². The highest BCUT2D eigenvalue weighted by Crippen LogP contribution is 2.48. The van der Waals surface area contributed by atoms with E-state index in [4.69, 9.17) is 18.9 Å². The molecule has 2 aromatic rings. The van der Waals surface area contributed by atoms with Crippen LogP contribution in [-0.2, 0) is 27.5 Å². The first-order chi connectivity index (χ1) is 27.2. The topological polar surface area (TPSA) is 149 Å². The molecule has 4 heterocycles. The number of fused-ring (bicyclic) bond motifs is 4. The molecule has 0 bridgehead atoms. The van der Waals surface area contributed by atoms with Gasteiger partial charge in [-0.15, -0.1) is 0 Å². The predicted molar refractivity (Wildman–Crippen MR) is 222 cm³/mol. The minimum absolute atomic E-state index is 0.0342. The lowest BCUT2D eigenvalue weighted by Gasteiger charge is -2.26. The van der Waals surface area contributed by atoms with Crippen LogP contribution < -0.4 is 18.9 Å². The molecule has 5 atom stereocenters. The lowest BCUT2D eigenvalue weighted by atomic mass is 9.91. The van der Waals surface area contributed by atoms with Crippen LogP contribution in [0.3, 0.4) is 0 Å². The predicted octanol–water partition coefficient (Wildman–Crippen LogP) is 7.43. The number of rotatable bonds is 16. The van der Waals surface area contributed by atoms with E-state index in [0.29, 0.717) is 103 Å². The zero-order valence-corrected chi connectivity index (χ0v) is 36.0. The molecular weight excluding hydrogens is 768 g/mol. The normalized spacial score (nSPS) is 24.3. The highest BCUT2D eigenvalue weighted by molar-refractivity contribution is 7.86. The van der Waals surface area contributed by atoms with Gasteiger partial charge >= 0.3 is 0 Å². The van der Waals surface area contributed by atoms with E-state index in [0.717, 1.165) is 36.8 Å². The second kappa shape index (κ2) is 18.0. The first-order valence-electron chi connectivity index (χ1n) is 20.3. The molecule has 6 rings (SSSR count). The number of carbonyl (C=O) groups excluding carboxylic acids is 2. The highest BCUT2D eigenvalue weighted by Gasteiger charge is 2.46. The summed E-state index contributed by atoms with van der Waals surface area (Å²) >= 11 is 0. The van der Waals surface area contributed by atoms with E-state index in [1.807, 2.05) is 37.0 Å². The van der Waals surface area contributed by atoms with Gasteiger partial charge in [-0.3, -0.25) is 14.1 Å². The van der Waals surface area contributed by atoms with Gasteiger partial charge in [0.2, 0.25) is 0 Å². The van der Waals surface area contributed by atoms with Crippen molar-refractivity contribution in [3.05, 3.63) is 69.8 Å². The molecule has 0 radical (unpaired) electrons.